The number of hydrogen-bond donors (Lipinski definition) is 2. The molecule has 0 aliphatic heterocycles. The van der Waals surface area contributed by atoms with E-state index in [1.165, 1.54) is 19.3 Å². The molecule has 2 unspecified atom stereocenters. The van der Waals surface area contributed by atoms with Crippen LogP contribution >= 0.6 is 0 Å². The molecule has 82 valence electrons. The summed E-state index contributed by atoms with van der Waals surface area (Å²) >= 11 is 0. The third kappa shape index (κ3) is 2.45. The second-order valence-corrected chi connectivity index (χ2v) is 4.32. The van der Waals surface area contributed by atoms with Gasteiger partial charge in [-0.3, -0.25) is 4.98 Å². The fourth-order valence-electron chi connectivity index (χ4n) is 2.17. The Labute approximate surface area is 90.3 Å². The Hall–Kier alpha value is -1.16. The van der Waals surface area contributed by atoms with E-state index in [0.717, 1.165) is 17.4 Å². The van der Waals surface area contributed by atoms with Gasteiger partial charge in [-0.25, -0.2) is 4.98 Å². The van der Waals surface area contributed by atoms with E-state index in [1.807, 2.05) is 0 Å². The summed E-state index contributed by atoms with van der Waals surface area (Å²) in [6.07, 6.45) is 7.14. The van der Waals surface area contributed by atoms with Crippen LogP contribution in [0.15, 0.2) is 12.4 Å². The van der Waals surface area contributed by atoms with Crippen LogP contribution < -0.4 is 11.1 Å². The molecule has 2 atom stereocenters. The molecule has 1 aliphatic rings. The highest BCUT2D eigenvalue weighted by molar-refractivity contribution is 5.40. The van der Waals surface area contributed by atoms with Crippen LogP contribution in [0.25, 0.3) is 0 Å². The van der Waals surface area contributed by atoms with E-state index in [2.05, 4.69) is 22.2 Å². The summed E-state index contributed by atoms with van der Waals surface area (Å²) in [5.74, 6) is 1.68. The molecule has 1 aromatic heterocycles. The molecule has 4 nitrogen and oxygen atoms in total. The lowest BCUT2D eigenvalue weighted by Gasteiger charge is -2.14. The maximum Gasteiger partial charge on any atom is 0.149 e. The number of hydrogen-bond acceptors (Lipinski definition) is 4. The first-order chi connectivity index (χ1) is 7.29. The van der Waals surface area contributed by atoms with Gasteiger partial charge >= 0.3 is 0 Å². The summed E-state index contributed by atoms with van der Waals surface area (Å²) in [4.78, 5) is 8.49. The van der Waals surface area contributed by atoms with E-state index in [4.69, 9.17) is 5.73 Å². The minimum absolute atomic E-state index is 0.443. The van der Waals surface area contributed by atoms with Crippen molar-refractivity contribution in [1.29, 1.82) is 0 Å². The summed E-state index contributed by atoms with van der Waals surface area (Å²) in [7, 11) is 0. The fourth-order valence-corrected chi connectivity index (χ4v) is 2.17. The van der Waals surface area contributed by atoms with E-state index >= 15 is 0 Å². The Morgan fingerprint density at radius 2 is 2.20 bits per heavy atom. The summed E-state index contributed by atoms with van der Waals surface area (Å²) in [6, 6.07) is 0.544. The molecule has 1 aromatic rings. The summed E-state index contributed by atoms with van der Waals surface area (Å²) in [5, 5.41) is 3.44. The first kappa shape index (κ1) is 10.4. The highest BCUT2D eigenvalue weighted by Crippen LogP contribution is 2.27. The largest absolute Gasteiger partial charge is 0.366 e. The van der Waals surface area contributed by atoms with Crippen molar-refractivity contribution in [2.75, 3.05) is 5.32 Å². The van der Waals surface area contributed by atoms with Crippen molar-refractivity contribution in [2.45, 2.75) is 38.8 Å². The molecule has 2 rings (SSSR count). The Morgan fingerprint density at radius 1 is 1.40 bits per heavy atom. The molecular formula is C11H18N4. The number of rotatable bonds is 3. The summed E-state index contributed by atoms with van der Waals surface area (Å²) < 4.78 is 0. The lowest BCUT2D eigenvalue weighted by atomic mass is 10.1. The second kappa shape index (κ2) is 4.57. The lowest BCUT2D eigenvalue weighted by Crippen LogP contribution is -2.18. The van der Waals surface area contributed by atoms with Crippen LogP contribution in [0.1, 0.15) is 31.9 Å². The van der Waals surface area contributed by atoms with Gasteiger partial charge in [-0.1, -0.05) is 6.92 Å². The maximum atomic E-state index is 5.61. The molecule has 0 saturated heterocycles. The molecule has 15 heavy (non-hydrogen) atoms. The average Bonchev–Trinajstić information content (AvgIpc) is 2.65. The second-order valence-electron chi connectivity index (χ2n) is 4.32. The molecular weight excluding hydrogens is 188 g/mol. The predicted octanol–water partition coefficient (Wildman–Crippen LogP) is 1.54. The SMILES string of the molecule is CC1CCC(Nc2nccnc2CN)C1. The van der Waals surface area contributed by atoms with E-state index in [1.54, 1.807) is 12.4 Å². The third-order valence-electron chi connectivity index (χ3n) is 3.00. The summed E-state index contributed by atoms with van der Waals surface area (Å²) in [5.41, 5.74) is 6.47. The molecule has 0 spiro atoms. The number of nitrogens with two attached hydrogens (primary N) is 1. The van der Waals surface area contributed by atoms with Crippen LogP contribution in [-0.2, 0) is 6.54 Å². The zero-order valence-electron chi connectivity index (χ0n) is 9.11. The smallest absolute Gasteiger partial charge is 0.149 e. The standard InChI is InChI=1S/C11H18N4/c1-8-2-3-9(6-8)15-11-10(7-12)13-4-5-14-11/h4-5,8-9H,2-3,6-7,12H2,1H3,(H,14,15). The summed E-state index contributed by atoms with van der Waals surface area (Å²) in [6.45, 7) is 2.74. The van der Waals surface area contributed by atoms with Crippen molar-refractivity contribution >= 4 is 5.82 Å². The van der Waals surface area contributed by atoms with Gasteiger partial charge in [-0.2, -0.15) is 0 Å². The van der Waals surface area contributed by atoms with Crippen molar-refractivity contribution in [3.05, 3.63) is 18.1 Å². The molecule has 0 amide bonds. The van der Waals surface area contributed by atoms with Gasteiger partial charge < -0.3 is 11.1 Å². The van der Waals surface area contributed by atoms with Gasteiger partial charge in [0.15, 0.2) is 0 Å². The molecule has 1 aliphatic carbocycles. The molecule has 0 aromatic carbocycles. The average molecular weight is 206 g/mol. The lowest BCUT2D eigenvalue weighted by molar-refractivity contribution is 0.602. The highest BCUT2D eigenvalue weighted by atomic mass is 15.0. The number of nitrogens with one attached hydrogen (secondary N) is 1. The highest BCUT2D eigenvalue weighted by Gasteiger charge is 2.21. The monoisotopic (exact) mass is 206 g/mol. The molecule has 4 heteroatoms. The van der Waals surface area contributed by atoms with Crippen molar-refractivity contribution in [1.82, 2.24) is 9.97 Å². The van der Waals surface area contributed by atoms with E-state index in [9.17, 15) is 0 Å². The molecule has 0 radical (unpaired) electrons. The topological polar surface area (TPSA) is 63.8 Å². The zero-order chi connectivity index (χ0) is 10.7. The van der Waals surface area contributed by atoms with Crippen LogP contribution in [0.4, 0.5) is 5.82 Å². The van der Waals surface area contributed by atoms with Gasteiger partial charge in [0.2, 0.25) is 0 Å². The van der Waals surface area contributed by atoms with Gasteiger partial charge in [0.25, 0.3) is 0 Å². The maximum absolute atomic E-state index is 5.61. The van der Waals surface area contributed by atoms with E-state index in [-0.39, 0.29) is 0 Å². The minimum atomic E-state index is 0.443. The van der Waals surface area contributed by atoms with Crippen LogP contribution in [0, 0.1) is 5.92 Å². The Morgan fingerprint density at radius 3 is 2.87 bits per heavy atom. The number of aromatic nitrogens is 2. The van der Waals surface area contributed by atoms with Crippen molar-refractivity contribution in [2.24, 2.45) is 11.7 Å². The first-order valence-corrected chi connectivity index (χ1v) is 5.56. The van der Waals surface area contributed by atoms with Crippen LogP contribution in [0.3, 0.4) is 0 Å². The van der Waals surface area contributed by atoms with Crippen LogP contribution in [0.5, 0.6) is 0 Å². The Bertz CT molecular complexity index is 326. The molecule has 1 fully saturated rings. The normalized spacial score (nSPS) is 25.5. The molecule has 1 heterocycles. The zero-order valence-corrected chi connectivity index (χ0v) is 9.11. The first-order valence-electron chi connectivity index (χ1n) is 5.56. The van der Waals surface area contributed by atoms with E-state index < -0.39 is 0 Å². The predicted molar refractivity (Wildman–Crippen MR) is 60.3 cm³/mol. The van der Waals surface area contributed by atoms with Crippen LogP contribution in [0.2, 0.25) is 0 Å². The number of nitrogens with zero attached hydrogens (tertiary/aromatic N) is 2. The van der Waals surface area contributed by atoms with Gasteiger partial charge in [0, 0.05) is 25.0 Å². The van der Waals surface area contributed by atoms with Gasteiger partial charge in [0.05, 0.1) is 5.69 Å². The fraction of sp³-hybridized carbons (Fsp3) is 0.636. The molecule has 0 bridgehead atoms. The van der Waals surface area contributed by atoms with Gasteiger partial charge in [-0.05, 0) is 25.2 Å². The van der Waals surface area contributed by atoms with Crippen LogP contribution in [-0.4, -0.2) is 16.0 Å². The quantitative estimate of drug-likeness (QED) is 0.787. The molecule has 1 saturated carbocycles. The van der Waals surface area contributed by atoms with Crippen molar-refractivity contribution in [3.8, 4) is 0 Å². The van der Waals surface area contributed by atoms with E-state index in [0.29, 0.717) is 12.6 Å². The minimum Gasteiger partial charge on any atom is -0.366 e. The Balaban J connectivity index is 2.04. The number of anilines is 1. The van der Waals surface area contributed by atoms with Crippen molar-refractivity contribution in [3.63, 3.8) is 0 Å². The third-order valence-corrected chi connectivity index (χ3v) is 3.00. The van der Waals surface area contributed by atoms with Gasteiger partial charge in [0.1, 0.15) is 5.82 Å². The van der Waals surface area contributed by atoms with Gasteiger partial charge in [-0.15, -0.1) is 0 Å². The Kier molecular flexibility index (Phi) is 3.16. The molecule has 3 N–H and O–H groups in total. The van der Waals surface area contributed by atoms with Crippen molar-refractivity contribution < 1.29 is 0 Å².